The minimum Gasteiger partial charge on any atom is -0.506 e. The van der Waals surface area contributed by atoms with E-state index in [-0.39, 0.29) is 5.41 Å². The van der Waals surface area contributed by atoms with Crippen LogP contribution in [0.5, 0.6) is 5.75 Å². The molecule has 9 heteroatoms. The molecular weight excluding hydrogens is 387 g/mol. The van der Waals surface area contributed by atoms with Gasteiger partial charge < -0.3 is 15.5 Å². The molecule has 2 fully saturated rings. The zero-order valence-corrected chi connectivity index (χ0v) is 15.7. The molecule has 2 aromatic rings. The van der Waals surface area contributed by atoms with Crippen LogP contribution >= 0.6 is 0 Å². The molecule has 3 aliphatic rings. The van der Waals surface area contributed by atoms with Crippen LogP contribution in [0.2, 0.25) is 0 Å². The highest BCUT2D eigenvalue weighted by atomic mass is 19.4. The highest BCUT2D eigenvalue weighted by Crippen LogP contribution is 2.55. The van der Waals surface area contributed by atoms with Gasteiger partial charge in [-0.25, -0.2) is 9.78 Å². The molecule has 1 aromatic heterocycles. The molecular formula is C20H22F3N3O3. The average molecular weight is 409 g/mol. The Labute approximate surface area is 165 Å². The van der Waals surface area contributed by atoms with E-state index in [1.807, 2.05) is 6.07 Å². The molecule has 0 amide bonds. The van der Waals surface area contributed by atoms with Crippen molar-refractivity contribution in [3.8, 4) is 5.75 Å². The number of alkyl halides is 3. The molecule has 0 unspecified atom stereocenters. The van der Waals surface area contributed by atoms with Crippen LogP contribution in [0.3, 0.4) is 0 Å². The molecule has 3 atom stereocenters. The number of halogens is 3. The Balaban J connectivity index is 0.000000255. The van der Waals surface area contributed by atoms with Crippen molar-refractivity contribution in [3.05, 3.63) is 29.6 Å². The maximum absolute atomic E-state index is 10.6. The second kappa shape index (κ2) is 7.12. The first-order valence-electron chi connectivity index (χ1n) is 9.73. The lowest BCUT2D eigenvalue weighted by atomic mass is 9.52. The number of phenolic OH excluding ortho intramolecular Hbond substituents is 1. The van der Waals surface area contributed by atoms with Gasteiger partial charge in [-0.3, -0.25) is 4.98 Å². The van der Waals surface area contributed by atoms with Crippen LogP contribution in [0.1, 0.15) is 43.2 Å². The third-order valence-corrected chi connectivity index (χ3v) is 6.60. The monoisotopic (exact) mass is 409 g/mol. The van der Waals surface area contributed by atoms with Gasteiger partial charge in [0.2, 0.25) is 0 Å². The van der Waals surface area contributed by atoms with Crippen molar-refractivity contribution in [2.45, 2.75) is 56.2 Å². The molecule has 2 aliphatic carbocycles. The molecule has 1 saturated carbocycles. The smallest absolute Gasteiger partial charge is 0.490 e. The number of phenols is 1. The lowest BCUT2D eigenvalue weighted by molar-refractivity contribution is -0.192. The first-order valence-corrected chi connectivity index (χ1v) is 9.73. The van der Waals surface area contributed by atoms with Gasteiger partial charge in [-0.2, -0.15) is 13.2 Å². The van der Waals surface area contributed by atoms with Crippen LogP contribution in [-0.4, -0.2) is 44.9 Å². The zero-order chi connectivity index (χ0) is 20.8. The standard InChI is InChI=1S/C18H21N3O.C2HF3O2/c22-15-10-13-11(16-17(15)21-8-7-20-16)9-14-12-3-1-2-4-18(12,13)5-6-19-14;3-2(4,5)1(6)7/h7-8,10,12,14,19,22H,1-6,9H2;(H,6,7)/t12-,14+,18+;/m1./s1. The van der Waals surface area contributed by atoms with Gasteiger partial charge >= 0.3 is 12.1 Å². The van der Waals surface area contributed by atoms with Crippen molar-refractivity contribution < 1.29 is 28.2 Å². The van der Waals surface area contributed by atoms with Crippen LogP contribution in [0.4, 0.5) is 13.2 Å². The number of hydrogen-bond donors (Lipinski definition) is 3. The van der Waals surface area contributed by atoms with Crippen molar-refractivity contribution in [1.82, 2.24) is 15.3 Å². The molecule has 2 bridgehead atoms. The van der Waals surface area contributed by atoms with E-state index in [9.17, 15) is 18.3 Å². The summed E-state index contributed by atoms with van der Waals surface area (Å²) in [5.41, 5.74) is 4.53. The highest BCUT2D eigenvalue weighted by Gasteiger charge is 2.52. The third kappa shape index (κ3) is 3.31. The Kier molecular flexibility index (Phi) is 4.88. The Bertz CT molecular complexity index is 946. The van der Waals surface area contributed by atoms with Crippen molar-refractivity contribution in [3.63, 3.8) is 0 Å². The predicted molar refractivity (Wildman–Crippen MR) is 98.6 cm³/mol. The fourth-order valence-electron chi connectivity index (χ4n) is 5.51. The Morgan fingerprint density at radius 1 is 1.17 bits per heavy atom. The summed E-state index contributed by atoms with van der Waals surface area (Å²) in [6.45, 7) is 1.10. The molecule has 5 rings (SSSR count). The predicted octanol–water partition coefficient (Wildman–Crippen LogP) is 3.31. The maximum Gasteiger partial charge on any atom is 0.490 e. The van der Waals surface area contributed by atoms with E-state index >= 15 is 0 Å². The number of piperidine rings is 1. The first kappa shape index (κ1) is 19.9. The second-order valence-corrected chi connectivity index (χ2v) is 8.00. The van der Waals surface area contributed by atoms with Gasteiger partial charge in [-0.15, -0.1) is 0 Å². The lowest BCUT2D eigenvalue weighted by Gasteiger charge is -2.56. The Morgan fingerprint density at radius 3 is 2.55 bits per heavy atom. The molecule has 1 aromatic carbocycles. The summed E-state index contributed by atoms with van der Waals surface area (Å²) >= 11 is 0. The van der Waals surface area contributed by atoms with Crippen LogP contribution in [0, 0.1) is 5.92 Å². The topological polar surface area (TPSA) is 95.3 Å². The fraction of sp³-hybridized carbons (Fsp3) is 0.550. The summed E-state index contributed by atoms with van der Waals surface area (Å²) in [6, 6.07) is 2.59. The van der Waals surface area contributed by atoms with Gasteiger partial charge in [-0.1, -0.05) is 12.8 Å². The largest absolute Gasteiger partial charge is 0.506 e. The second-order valence-electron chi connectivity index (χ2n) is 8.00. The lowest BCUT2D eigenvalue weighted by Crippen LogP contribution is -2.59. The van der Waals surface area contributed by atoms with E-state index in [1.54, 1.807) is 12.4 Å². The van der Waals surface area contributed by atoms with E-state index < -0.39 is 12.1 Å². The number of hydrogen-bond acceptors (Lipinski definition) is 5. The highest BCUT2D eigenvalue weighted by molar-refractivity contribution is 5.86. The van der Waals surface area contributed by atoms with Crippen LogP contribution in [0.15, 0.2) is 18.5 Å². The number of carboxylic acids is 1. The van der Waals surface area contributed by atoms with Gasteiger partial charge in [0.15, 0.2) is 0 Å². The minimum absolute atomic E-state index is 0.255. The molecule has 29 heavy (non-hydrogen) atoms. The van der Waals surface area contributed by atoms with E-state index in [2.05, 4.69) is 15.3 Å². The molecule has 0 spiro atoms. The number of aliphatic carboxylic acids is 1. The normalized spacial score (nSPS) is 28.0. The van der Waals surface area contributed by atoms with E-state index in [4.69, 9.17) is 9.90 Å². The van der Waals surface area contributed by atoms with Gasteiger partial charge in [-0.05, 0) is 55.3 Å². The number of rotatable bonds is 0. The summed E-state index contributed by atoms with van der Waals surface area (Å²) in [5.74, 6) is -1.74. The number of nitrogens with zero attached hydrogens (tertiary/aromatic N) is 2. The van der Waals surface area contributed by atoms with Gasteiger partial charge in [0.05, 0.1) is 5.52 Å². The number of fused-ring (bicyclic) bond motifs is 3. The van der Waals surface area contributed by atoms with Crippen LogP contribution < -0.4 is 5.32 Å². The Hall–Kier alpha value is -2.42. The number of nitrogens with one attached hydrogen (secondary N) is 1. The summed E-state index contributed by atoms with van der Waals surface area (Å²) in [6.07, 6.45) is 5.77. The quantitative estimate of drug-likeness (QED) is 0.618. The van der Waals surface area contributed by atoms with Gasteiger partial charge in [0, 0.05) is 23.9 Å². The first-order chi connectivity index (χ1) is 13.7. The number of aromatic nitrogens is 2. The fourth-order valence-corrected chi connectivity index (χ4v) is 5.51. The summed E-state index contributed by atoms with van der Waals surface area (Å²) in [5, 5.41) is 21.4. The SMILES string of the molecule is O=C(O)C(F)(F)F.Oc1cc2c(c3nccnc13)C[C@@H]1NCC[C@]23CCCC[C@H]13. The van der Waals surface area contributed by atoms with Gasteiger partial charge in [0.25, 0.3) is 0 Å². The van der Waals surface area contributed by atoms with Crippen molar-refractivity contribution >= 4 is 17.0 Å². The van der Waals surface area contributed by atoms with Gasteiger partial charge in [0.1, 0.15) is 11.3 Å². The van der Waals surface area contributed by atoms with Crippen molar-refractivity contribution in [1.29, 1.82) is 0 Å². The van der Waals surface area contributed by atoms with Crippen LogP contribution in [0.25, 0.3) is 11.0 Å². The molecule has 6 nitrogen and oxygen atoms in total. The van der Waals surface area contributed by atoms with E-state index in [0.29, 0.717) is 17.3 Å². The van der Waals surface area contributed by atoms with Crippen molar-refractivity contribution in [2.75, 3.05) is 6.54 Å². The van der Waals surface area contributed by atoms with Crippen LogP contribution in [-0.2, 0) is 16.6 Å². The molecule has 3 N–H and O–H groups in total. The number of carbonyl (C=O) groups is 1. The minimum atomic E-state index is -5.08. The molecule has 1 saturated heterocycles. The maximum atomic E-state index is 10.6. The molecule has 2 heterocycles. The van der Waals surface area contributed by atoms with E-state index in [0.717, 1.165) is 24.4 Å². The molecule has 1 aliphatic heterocycles. The van der Waals surface area contributed by atoms with Crippen molar-refractivity contribution in [2.24, 2.45) is 5.92 Å². The Morgan fingerprint density at radius 2 is 1.86 bits per heavy atom. The summed E-state index contributed by atoms with van der Waals surface area (Å²) in [7, 11) is 0. The number of carboxylic acid groups (broad SMARTS) is 1. The summed E-state index contributed by atoms with van der Waals surface area (Å²) < 4.78 is 31.7. The molecule has 0 radical (unpaired) electrons. The van der Waals surface area contributed by atoms with E-state index in [1.165, 1.54) is 43.2 Å². The number of benzene rings is 1. The average Bonchev–Trinajstić information content (AvgIpc) is 2.69. The number of aromatic hydroxyl groups is 1. The zero-order valence-electron chi connectivity index (χ0n) is 15.7. The molecule has 156 valence electrons. The third-order valence-electron chi connectivity index (χ3n) is 6.60. The summed E-state index contributed by atoms with van der Waals surface area (Å²) in [4.78, 5) is 17.8.